The van der Waals surface area contributed by atoms with Gasteiger partial charge in [-0.1, -0.05) is 11.6 Å². The van der Waals surface area contributed by atoms with Crippen molar-refractivity contribution in [1.29, 1.82) is 0 Å². The number of amidine groups is 1. The van der Waals surface area contributed by atoms with Crippen LogP contribution >= 0.6 is 11.6 Å². The van der Waals surface area contributed by atoms with Gasteiger partial charge in [0.25, 0.3) is 0 Å². The Labute approximate surface area is 131 Å². The van der Waals surface area contributed by atoms with Gasteiger partial charge >= 0.3 is 12.4 Å². The molecule has 0 heterocycles. The van der Waals surface area contributed by atoms with Crippen LogP contribution in [0.3, 0.4) is 0 Å². The summed E-state index contributed by atoms with van der Waals surface area (Å²) in [4.78, 5) is 13.7. The van der Waals surface area contributed by atoms with Crippen molar-refractivity contribution < 1.29 is 26.3 Å². The Bertz CT molecular complexity index is 612. The van der Waals surface area contributed by atoms with E-state index in [1.165, 1.54) is 0 Å². The zero-order valence-electron chi connectivity index (χ0n) is 11.3. The Hall–Kier alpha value is -1.84. The van der Waals surface area contributed by atoms with Gasteiger partial charge in [0.2, 0.25) is 5.84 Å². The second-order valence-electron chi connectivity index (χ2n) is 4.41. The summed E-state index contributed by atoms with van der Waals surface area (Å²) in [6, 6.07) is 1.15. The highest BCUT2D eigenvalue weighted by Gasteiger charge is 2.33. The van der Waals surface area contributed by atoms with Gasteiger partial charge in [0.05, 0.1) is 5.56 Å². The molecule has 2 N–H and O–H groups in total. The molecule has 0 radical (unpaired) electrons. The lowest BCUT2D eigenvalue weighted by molar-refractivity contribution is -0.137. The lowest BCUT2D eigenvalue weighted by Gasteiger charge is -2.11. The molecule has 0 saturated carbocycles. The molecule has 0 aliphatic carbocycles. The van der Waals surface area contributed by atoms with Crippen LogP contribution < -0.4 is 5.73 Å². The summed E-state index contributed by atoms with van der Waals surface area (Å²) >= 11 is 5.69. The fourth-order valence-electron chi connectivity index (χ4n) is 1.66. The van der Waals surface area contributed by atoms with Crippen molar-refractivity contribution in [2.24, 2.45) is 15.9 Å². The number of aliphatic imine (C=N–C) groups is 1. The maximum atomic E-state index is 12.6. The lowest BCUT2D eigenvalue weighted by Crippen LogP contribution is -2.31. The van der Waals surface area contributed by atoms with Crippen molar-refractivity contribution in [2.75, 3.05) is 6.54 Å². The Morgan fingerprint density at radius 3 is 2.26 bits per heavy atom. The van der Waals surface area contributed by atoms with Crippen LogP contribution in [0.5, 0.6) is 0 Å². The van der Waals surface area contributed by atoms with Gasteiger partial charge in [0.1, 0.15) is 5.69 Å². The predicted octanol–water partition coefficient (Wildman–Crippen LogP) is 4.61. The first kappa shape index (κ1) is 19.2. The van der Waals surface area contributed by atoms with Gasteiger partial charge in [-0.3, -0.25) is 4.99 Å². The monoisotopic (exact) mass is 361 g/mol. The summed E-state index contributed by atoms with van der Waals surface area (Å²) in [5.74, 6) is -1.51. The molecule has 0 saturated heterocycles. The van der Waals surface area contributed by atoms with Crippen molar-refractivity contribution in [3.05, 3.63) is 33.2 Å². The number of hydrogen-bond acceptors (Lipinski definition) is 3. The number of halogens is 7. The highest BCUT2D eigenvalue weighted by molar-refractivity contribution is 6.31. The second-order valence-corrected chi connectivity index (χ2v) is 4.82. The third-order valence-electron chi connectivity index (χ3n) is 2.76. The summed E-state index contributed by atoms with van der Waals surface area (Å²) in [5.41, 5.74) is 3.04. The van der Waals surface area contributed by atoms with E-state index in [1.807, 2.05) is 0 Å². The lowest BCUT2D eigenvalue weighted by atomic mass is 10.0. The third-order valence-corrected chi connectivity index (χ3v) is 3.09. The molecule has 0 atom stereocenters. The summed E-state index contributed by atoms with van der Waals surface area (Å²) in [6.45, 7) is -0.332. The van der Waals surface area contributed by atoms with Crippen molar-refractivity contribution >= 4 is 23.1 Å². The first-order chi connectivity index (χ1) is 10.5. The quantitative estimate of drug-likeness (QED) is 0.273. The van der Waals surface area contributed by atoms with Crippen LogP contribution in [-0.2, 0) is 12.6 Å². The zero-order chi connectivity index (χ0) is 17.8. The molecule has 1 rings (SSSR count). The molecule has 0 aliphatic rings. The molecular weight excluding hydrogens is 352 g/mol. The average molecular weight is 362 g/mol. The largest absolute Gasteiger partial charge is 0.448 e. The number of benzene rings is 1. The van der Waals surface area contributed by atoms with Crippen molar-refractivity contribution in [2.45, 2.75) is 25.2 Å². The molecule has 0 spiro atoms. The summed E-state index contributed by atoms with van der Waals surface area (Å²) in [6.07, 6.45) is -9.54. The van der Waals surface area contributed by atoms with E-state index in [0.717, 1.165) is 0 Å². The van der Waals surface area contributed by atoms with E-state index in [9.17, 15) is 31.2 Å². The highest BCUT2D eigenvalue weighted by Crippen LogP contribution is 2.37. The van der Waals surface area contributed by atoms with Gasteiger partial charge in [-0.15, -0.1) is 4.91 Å². The molecule has 4 nitrogen and oxygen atoms in total. The predicted molar refractivity (Wildman–Crippen MR) is 72.8 cm³/mol. The van der Waals surface area contributed by atoms with E-state index in [4.69, 9.17) is 11.6 Å². The van der Waals surface area contributed by atoms with Gasteiger partial charge in [-0.25, -0.2) is 0 Å². The highest BCUT2D eigenvalue weighted by atomic mass is 35.5. The number of nitrogens with two attached hydrogens (primary N) is 1. The van der Waals surface area contributed by atoms with Crippen LogP contribution in [0.1, 0.15) is 17.5 Å². The van der Waals surface area contributed by atoms with E-state index in [-0.39, 0.29) is 30.0 Å². The van der Waals surface area contributed by atoms with Crippen LogP contribution in [0.15, 0.2) is 22.3 Å². The van der Waals surface area contributed by atoms with Crippen molar-refractivity contribution in [1.82, 2.24) is 0 Å². The molecule has 0 fully saturated rings. The van der Waals surface area contributed by atoms with Crippen LogP contribution in [-0.4, -0.2) is 18.6 Å². The SMILES string of the molecule is NC(=NCCCc1c(Cl)cc(C(F)(F)F)cc1N=O)C(F)(F)F. The summed E-state index contributed by atoms with van der Waals surface area (Å²) < 4.78 is 74.0. The van der Waals surface area contributed by atoms with Gasteiger partial charge in [0.15, 0.2) is 0 Å². The maximum Gasteiger partial charge on any atom is 0.448 e. The Morgan fingerprint density at radius 2 is 1.78 bits per heavy atom. The molecule has 1 aromatic rings. The molecule has 1 aromatic carbocycles. The fourth-order valence-corrected chi connectivity index (χ4v) is 1.97. The van der Waals surface area contributed by atoms with Gasteiger partial charge in [-0.05, 0) is 30.2 Å². The molecule has 0 aliphatic heterocycles. The minimum Gasteiger partial charge on any atom is -0.380 e. The Kier molecular flexibility index (Phi) is 5.98. The van der Waals surface area contributed by atoms with Gasteiger partial charge < -0.3 is 5.73 Å². The third kappa shape index (κ3) is 5.38. The standard InChI is InChI=1S/C12H10ClF6N3O/c13-8-4-6(11(14,15)16)5-9(22-23)7(8)2-1-3-21-10(20)12(17,18)19/h4-5H,1-3H2,(H2,20,21). The Morgan fingerprint density at radius 1 is 1.17 bits per heavy atom. The summed E-state index contributed by atoms with van der Waals surface area (Å²) in [5, 5.41) is 2.14. The average Bonchev–Trinajstić information content (AvgIpc) is 2.41. The smallest absolute Gasteiger partial charge is 0.380 e. The Balaban J connectivity index is 2.88. The second kappa shape index (κ2) is 7.16. The first-order valence-electron chi connectivity index (χ1n) is 6.07. The van der Waals surface area contributed by atoms with Crippen molar-refractivity contribution in [3.63, 3.8) is 0 Å². The van der Waals surface area contributed by atoms with Gasteiger partial charge in [0, 0.05) is 17.1 Å². The normalized spacial score (nSPS) is 13.3. The van der Waals surface area contributed by atoms with Crippen molar-refractivity contribution in [3.8, 4) is 0 Å². The topological polar surface area (TPSA) is 67.8 Å². The van der Waals surface area contributed by atoms with Crippen LogP contribution in [0.25, 0.3) is 0 Å². The number of nitrogens with zero attached hydrogens (tertiary/aromatic N) is 2. The number of nitroso groups, excluding NO2 is 1. The van der Waals surface area contributed by atoms with E-state index >= 15 is 0 Å². The molecule has 0 amide bonds. The van der Waals surface area contributed by atoms with E-state index < -0.39 is 29.4 Å². The molecule has 128 valence electrons. The maximum absolute atomic E-state index is 12.6. The van der Waals surface area contributed by atoms with Crippen LogP contribution in [0.2, 0.25) is 5.02 Å². The van der Waals surface area contributed by atoms with E-state index in [1.54, 1.807) is 0 Å². The minimum absolute atomic E-state index is 0.00954. The first-order valence-corrected chi connectivity index (χ1v) is 6.44. The van der Waals surface area contributed by atoms with E-state index in [2.05, 4.69) is 15.9 Å². The van der Waals surface area contributed by atoms with Crippen LogP contribution in [0, 0.1) is 4.91 Å². The molecule has 11 heteroatoms. The number of alkyl halides is 6. The fraction of sp³-hybridized carbons (Fsp3) is 0.417. The zero-order valence-corrected chi connectivity index (χ0v) is 12.1. The molecule has 0 unspecified atom stereocenters. The number of hydrogen-bond donors (Lipinski definition) is 1. The van der Waals surface area contributed by atoms with E-state index in [0.29, 0.717) is 12.1 Å². The molecule has 0 aromatic heterocycles. The minimum atomic E-state index is -4.75. The molecule has 0 bridgehead atoms. The van der Waals surface area contributed by atoms with Crippen LogP contribution in [0.4, 0.5) is 32.0 Å². The number of rotatable bonds is 5. The summed E-state index contributed by atoms with van der Waals surface area (Å²) in [7, 11) is 0. The molecule has 23 heavy (non-hydrogen) atoms. The molecular formula is C12H10ClF6N3O. The van der Waals surface area contributed by atoms with Gasteiger partial charge in [-0.2, -0.15) is 26.3 Å².